The molecule has 2 aromatic rings. The van der Waals surface area contributed by atoms with Gasteiger partial charge in [-0.25, -0.2) is 8.42 Å². The Bertz CT molecular complexity index is 768. The van der Waals surface area contributed by atoms with Crippen molar-refractivity contribution in [1.29, 1.82) is 0 Å². The van der Waals surface area contributed by atoms with E-state index in [0.717, 1.165) is 22.8 Å². The van der Waals surface area contributed by atoms with Gasteiger partial charge in [0.25, 0.3) is 0 Å². The van der Waals surface area contributed by atoms with Gasteiger partial charge in [-0.3, -0.25) is 4.98 Å². The number of benzene rings is 1. The van der Waals surface area contributed by atoms with Gasteiger partial charge in [0.15, 0.2) is 0 Å². The molecule has 2 heterocycles. The predicted molar refractivity (Wildman–Crippen MR) is 82.7 cm³/mol. The Labute approximate surface area is 125 Å². The van der Waals surface area contributed by atoms with E-state index in [9.17, 15) is 8.42 Å². The SMILES string of the molecule is CN[C@@H]1CCN(S(=O)(=O)c2cccc3cncc(C)c23)C1. The molecule has 1 aliphatic rings. The van der Waals surface area contributed by atoms with Crippen molar-refractivity contribution in [3.05, 3.63) is 36.2 Å². The van der Waals surface area contributed by atoms with Crippen LogP contribution in [0.4, 0.5) is 0 Å². The summed E-state index contributed by atoms with van der Waals surface area (Å²) in [5.41, 5.74) is 0.885. The molecule has 6 heteroatoms. The maximum absolute atomic E-state index is 12.9. The Kier molecular flexibility index (Phi) is 3.69. The van der Waals surface area contributed by atoms with Crippen molar-refractivity contribution in [2.24, 2.45) is 0 Å². The first kappa shape index (κ1) is 14.4. The smallest absolute Gasteiger partial charge is 0.243 e. The van der Waals surface area contributed by atoms with E-state index < -0.39 is 10.0 Å². The molecule has 0 saturated carbocycles. The maximum Gasteiger partial charge on any atom is 0.243 e. The van der Waals surface area contributed by atoms with Crippen molar-refractivity contribution >= 4 is 20.8 Å². The quantitative estimate of drug-likeness (QED) is 0.934. The molecule has 1 fully saturated rings. The van der Waals surface area contributed by atoms with Gasteiger partial charge in [-0.15, -0.1) is 0 Å². The van der Waals surface area contributed by atoms with E-state index in [1.807, 2.05) is 20.0 Å². The lowest BCUT2D eigenvalue weighted by Crippen LogP contribution is -2.33. The number of fused-ring (bicyclic) bond motifs is 1. The summed E-state index contributed by atoms with van der Waals surface area (Å²) in [6.45, 7) is 2.99. The number of sulfonamides is 1. The second kappa shape index (κ2) is 5.36. The summed E-state index contributed by atoms with van der Waals surface area (Å²) in [6, 6.07) is 5.60. The molecule has 0 amide bonds. The van der Waals surface area contributed by atoms with Gasteiger partial charge in [0.2, 0.25) is 10.0 Å². The Morgan fingerprint density at radius 1 is 1.33 bits per heavy atom. The topological polar surface area (TPSA) is 62.3 Å². The van der Waals surface area contributed by atoms with Crippen molar-refractivity contribution in [2.45, 2.75) is 24.3 Å². The predicted octanol–water partition coefficient (Wildman–Crippen LogP) is 1.53. The lowest BCUT2D eigenvalue weighted by molar-refractivity contribution is 0.465. The lowest BCUT2D eigenvalue weighted by Gasteiger charge is -2.18. The third kappa shape index (κ3) is 2.43. The van der Waals surface area contributed by atoms with Gasteiger partial charge in [0.05, 0.1) is 4.90 Å². The van der Waals surface area contributed by atoms with Crippen LogP contribution in [0.15, 0.2) is 35.5 Å². The van der Waals surface area contributed by atoms with Crippen molar-refractivity contribution in [3.63, 3.8) is 0 Å². The summed E-state index contributed by atoms with van der Waals surface area (Å²) in [5, 5.41) is 4.79. The minimum Gasteiger partial charge on any atom is -0.316 e. The zero-order valence-corrected chi connectivity index (χ0v) is 13.0. The van der Waals surface area contributed by atoms with E-state index in [4.69, 9.17) is 0 Å². The highest BCUT2D eigenvalue weighted by Gasteiger charge is 2.33. The zero-order valence-electron chi connectivity index (χ0n) is 12.2. The third-order valence-electron chi connectivity index (χ3n) is 4.11. The molecular weight excluding hydrogens is 286 g/mol. The molecule has 0 unspecified atom stereocenters. The van der Waals surface area contributed by atoms with Gasteiger partial charge in [0, 0.05) is 42.3 Å². The summed E-state index contributed by atoms with van der Waals surface area (Å²) in [4.78, 5) is 4.53. The molecule has 3 rings (SSSR count). The highest BCUT2D eigenvalue weighted by molar-refractivity contribution is 7.89. The van der Waals surface area contributed by atoms with Crippen molar-refractivity contribution in [1.82, 2.24) is 14.6 Å². The molecule has 112 valence electrons. The van der Waals surface area contributed by atoms with Crippen LogP contribution in [0.1, 0.15) is 12.0 Å². The van der Waals surface area contributed by atoms with Crippen LogP contribution in [0.25, 0.3) is 10.8 Å². The fraction of sp³-hybridized carbons (Fsp3) is 0.400. The highest BCUT2D eigenvalue weighted by atomic mass is 32.2. The molecular formula is C15H19N3O2S. The van der Waals surface area contributed by atoms with E-state index in [1.54, 1.807) is 28.8 Å². The van der Waals surface area contributed by atoms with Gasteiger partial charge < -0.3 is 5.32 Å². The first-order chi connectivity index (χ1) is 10.0. The minimum absolute atomic E-state index is 0.234. The summed E-state index contributed by atoms with van der Waals surface area (Å²) < 4.78 is 27.5. The number of nitrogens with one attached hydrogen (secondary N) is 1. The average Bonchev–Trinajstić information content (AvgIpc) is 2.97. The largest absolute Gasteiger partial charge is 0.316 e. The Morgan fingerprint density at radius 3 is 2.86 bits per heavy atom. The second-order valence-corrected chi connectivity index (χ2v) is 7.35. The van der Waals surface area contributed by atoms with Crippen molar-refractivity contribution in [2.75, 3.05) is 20.1 Å². The number of pyridine rings is 1. The highest BCUT2D eigenvalue weighted by Crippen LogP contribution is 2.29. The lowest BCUT2D eigenvalue weighted by atomic mass is 10.1. The van der Waals surface area contributed by atoms with Crippen molar-refractivity contribution in [3.8, 4) is 0 Å². The maximum atomic E-state index is 12.9. The molecule has 1 aliphatic heterocycles. The monoisotopic (exact) mass is 305 g/mol. The molecule has 5 nitrogen and oxygen atoms in total. The molecule has 0 aliphatic carbocycles. The molecule has 0 radical (unpaired) electrons. The number of aromatic nitrogens is 1. The first-order valence-electron chi connectivity index (χ1n) is 7.05. The number of likely N-dealkylation sites (N-methyl/N-ethyl adjacent to an activating group) is 1. The number of nitrogens with zero attached hydrogens (tertiary/aromatic N) is 2. The van der Waals surface area contributed by atoms with Gasteiger partial charge in [0.1, 0.15) is 0 Å². The van der Waals surface area contributed by atoms with Crippen LogP contribution < -0.4 is 5.32 Å². The number of aryl methyl sites for hydroxylation is 1. The average molecular weight is 305 g/mol. The first-order valence-corrected chi connectivity index (χ1v) is 8.49. The summed E-state index contributed by atoms with van der Waals surface area (Å²) in [5.74, 6) is 0. The number of hydrogen-bond donors (Lipinski definition) is 1. The van der Waals surface area contributed by atoms with Gasteiger partial charge in [-0.1, -0.05) is 12.1 Å². The summed E-state index contributed by atoms with van der Waals surface area (Å²) >= 11 is 0. The molecule has 1 saturated heterocycles. The van der Waals surface area contributed by atoms with Crippen LogP contribution >= 0.6 is 0 Å². The van der Waals surface area contributed by atoms with E-state index in [-0.39, 0.29) is 6.04 Å². The molecule has 0 spiro atoms. The normalized spacial score (nSPS) is 20.2. The van der Waals surface area contributed by atoms with E-state index >= 15 is 0 Å². The van der Waals surface area contributed by atoms with Crippen LogP contribution in [0.3, 0.4) is 0 Å². The Hall–Kier alpha value is -1.50. The molecule has 1 atom stereocenters. The zero-order chi connectivity index (χ0) is 15.0. The number of rotatable bonds is 3. The summed E-state index contributed by atoms with van der Waals surface area (Å²) in [7, 11) is -1.60. The Balaban J connectivity index is 2.12. The summed E-state index contributed by atoms with van der Waals surface area (Å²) in [6.07, 6.45) is 4.27. The molecule has 1 aromatic heterocycles. The van der Waals surface area contributed by atoms with E-state index in [2.05, 4.69) is 10.3 Å². The van der Waals surface area contributed by atoms with Crippen LogP contribution in [0, 0.1) is 6.92 Å². The van der Waals surface area contributed by atoms with Gasteiger partial charge in [-0.05, 0) is 32.0 Å². The third-order valence-corrected chi connectivity index (χ3v) is 6.02. The fourth-order valence-electron chi connectivity index (χ4n) is 2.91. The number of hydrogen-bond acceptors (Lipinski definition) is 4. The molecule has 0 bridgehead atoms. The van der Waals surface area contributed by atoms with Crippen LogP contribution in [0.5, 0.6) is 0 Å². The molecule has 1 N–H and O–H groups in total. The van der Waals surface area contributed by atoms with Crippen LogP contribution in [-0.4, -0.2) is 43.9 Å². The fourth-order valence-corrected chi connectivity index (χ4v) is 4.70. The van der Waals surface area contributed by atoms with Crippen LogP contribution in [0.2, 0.25) is 0 Å². The standard InChI is InChI=1S/C15H19N3O2S/c1-11-8-17-9-12-4-3-5-14(15(11)12)21(19,20)18-7-6-13(10-18)16-2/h3-5,8-9,13,16H,6-7,10H2,1-2H3/t13-/m1/s1. The minimum atomic E-state index is -3.47. The van der Waals surface area contributed by atoms with Crippen LogP contribution in [-0.2, 0) is 10.0 Å². The van der Waals surface area contributed by atoms with E-state index in [1.165, 1.54) is 0 Å². The van der Waals surface area contributed by atoms with Crippen molar-refractivity contribution < 1.29 is 8.42 Å². The van der Waals surface area contributed by atoms with E-state index in [0.29, 0.717) is 18.0 Å². The van der Waals surface area contributed by atoms with Gasteiger partial charge in [-0.2, -0.15) is 4.31 Å². The van der Waals surface area contributed by atoms with Gasteiger partial charge >= 0.3 is 0 Å². The molecule has 1 aromatic carbocycles. The second-order valence-electron chi connectivity index (χ2n) is 5.45. The molecule has 21 heavy (non-hydrogen) atoms. The Morgan fingerprint density at radius 2 is 2.14 bits per heavy atom.